The molecular formula is C14H14BrClN2O2S. The van der Waals surface area contributed by atoms with Gasteiger partial charge in [0.05, 0.1) is 11.9 Å². The molecule has 2 aromatic rings. The Bertz CT molecular complexity index is 750. The monoisotopic (exact) mass is 388 g/mol. The molecule has 0 saturated carbocycles. The van der Waals surface area contributed by atoms with E-state index >= 15 is 0 Å². The van der Waals surface area contributed by atoms with Crippen LogP contribution in [-0.4, -0.2) is 14.7 Å². The van der Waals surface area contributed by atoms with Crippen LogP contribution in [0, 0.1) is 0 Å². The summed E-state index contributed by atoms with van der Waals surface area (Å²) in [4.78, 5) is 0. The van der Waals surface area contributed by atoms with Crippen molar-refractivity contribution in [1.29, 1.82) is 0 Å². The number of halogens is 2. The summed E-state index contributed by atoms with van der Waals surface area (Å²) >= 11 is 9.53. The summed E-state index contributed by atoms with van der Waals surface area (Å²) in [5, 5.41) is 3.89. The first-order valence-electron chi connectivity index (χ1n) is 6.09. The smallest absolute Gasteiger partial charge is 0.229 e. The van der Waals surface area contributed by atoms with E-state index < -0.39 is 10.0 Å². The normalized spacial score (nSPS) is 11.2. The number of anilines is 2. The quantitative estimate of drug-likeness (QED) is 0.810. The lowest BCUT2D eigenvalue weighted by molar-refractivity contribution is 0.607. The largest absolute Gasteiger partial charge is 0.381 e. The Labute approximate surface area is 137 Å². The fraction of sp³-hybridized carbons (Fsp3) is 0.143. The van der Waals surface area contributed by atoms with Gasteiger partial charge in [-0.2, -0.15) is 0 Å². The van der Waals surface area contributed by atoms with E-state index in [0.29, 0.717) is 17.3 Å². The van der Waals surface area contributed by atoms with Crippen molar-refractivity contribution in [2.45, 2.75) is 6.54 Å². The molecule has 21 heavy (non-hydrogen) atoms. The molecule has 0 spiro atoms. The molecule has 7 heteroatoms. The van der Waals surface area contributed by atoms with Gasteiger partial charge in [-0.15, -0.1) is 0 Å². The standard InChI is InChI=1S/C14H14BrClN2O2S/c1-21(19,20)18-13-4-2-3-12(8-13)17-9-10-7-11(15)5-6-14(10)16/h2-8,17-18H,9H2,1H3. The lowest BCUT2D eigenvalue weighted by atomic mass is 10.2. The molecule has 0 saturated heterocycles. The molecule has 0 unspecified atom stereocenters. The third kappa shape index (κ3) is 5.22. The van der Waals surface area contributed by atoms with Gasteiger partial charge in [-0.05, 0) is 42.0 Å². The Kier molecular flexibility index (Phi) is 5.13. The fourth-order valence-corrected chi connectivity index (χ4v) is 2.93. The first-order valence-corrected chi connectivity index (χ1v) is 9.15. The molecule has 4 nitrogen and oxygen atoms in total. The van der Waals surface area contributed by atoms with Crippen molar-refractivity contribution < 1.29 is 8.42 Å². The van der Waals surface area contributed by atoms with Gasteiger partial charge in [0.25, 0.3) is 0 Å². The van der Waals surface area contributed by atoms with Gasteiger partial charge in [-0.25, -0.2) is 8.42 Å². The third-order valence-electron chi connectivity index (χ3n) is 2.66. The van der Waals surface area contributed by atoms with Crippen LogP contribution in [0.1, 0.15) is 5.56 Å². The summed E-state index contributed by atoms with van der Waals surface area (Å²) in [5.74, 6) is 0. The molecule has 0 bridgehead atoms. The van der Waals surface area contributed by atoms with Crippen LogP contribution in [-0.2, 0) is 16.6 Å². The third-order valence-corrected chi connectivity index (χ3v) is 4.13. The van der Waals surface area contributed by atoms with E-state index in [9.17, 15) is 8.42 Å². The van der Waals surface area contributed by atoms with Gasteiger partial charge in [0.2, 0.25) is 10.0 Å². The number of hydrogen-bond acceptors (Lipinski definition) is 3. The van der Waals surface area contributed by atoms with Crippen molar-refractivity contribution in [2.24, 2.45) is 0 Å². The first kappa shape index (κ1) is 16.1. The van der Waals surface area contributed by atoms with Crippen LogP contribution in [0.5, 0.6) is 0 Å². The number of hydrogen-bond donors (Lipinski definition) is 2. The highest BCUT2D eigenvalue weighted by Gasteiger charge is 2.04. The molecule has 2 rings (SSSR count). The minimum absolute atomic E-state index is 0.517. The van der Waals surface area contributed by atoms with E-state index in [4.69, 9.17) is 11.6 Å². The van der Waals surface area contributed by atoms with E-state index in [1.807, 2.05) is 24.3 Å². The maximum Gasteiger partial charge on any atom is 0.229 e. The second-order valence-electron chi connectivity index (χ2n) is 4.54. The van der Waals surface area contributed by atoms with E-state index in [-0.39, 0.29) is 0 Å². The molecule has 0 aliphatic carbocycles. The van der Waals surface area contributed by atoms with E-state index in [1.165, 1.54) is 0 Å². The van der Waals surface area contributed by atoms with E-state index in [2.05, 4.69) is 26.0 Å². The van der Waals surface area contributed by atoms with Crippen LogP contribution in [0.15, 0.2) is 46.9 Å². The molecule has 2 aromatic carbocycles. The van der Waals surface area contributed by atoms with Crippen LogP contribution >= 0.6 is 27.5 Å². The SMILES string of the molecule is CS(=O)(=O)Nc1cccc(NCc2cc(Br)ccc2Cl)c1. The summed E-state index contributed by atoms with van der Waals surface area (Å²) in [6, 6.07) is 12.7. The summed E-state index contributed by atoms with van der Waals surface area (Å²) in [6.07, 6.45) is 1.12. The Morgan fingerprint density at radius 3 is 2.57 bits per heavy atom. The van der Waals surface area contributed by atoms with Crippen molar-refractivity contribution in [3.05, 3.63) is 57.5 Å². The van der Waals surface area contributed by atoms with Crippen molar-refractivity contribution in [3.63, 3.8) is 0 Å². The van der Waals surface area contributed by atoms with Gasteiger partial charge in [0.1, 0.15) is 0 Å². The van der Waals surface area contributed by atoms with Crippen molar-refractivity contribution >= 4 is 48.9 Å². The highest BCUT2D eigenvalue weighted by molar-refractivity contribution is 9.10. The van der Waals surface area contributed by atoms with Crippen molar-refractivity contribution in [3.8, 4) is 0 Å². The molecule has 0 fully saturated rings. The predicted octanol–water partition coefficient (Wildman–Crippen LogP) is 4.09. The second-order valence-corrected chi connectivity index (χ2v) is 7.62. The van der Waals surface area contributed by atoms with E-state index in [1.54, 1.807) is 18.2 Å². The molecule has 0 aromatic heterocycles. The van der Waals surface area contributed by atoms with Gasteiger partial charge in [-0.1, -0.05) is 33.6 Å². The maximum absolute atomic E-state index is 11.2. The maximum atomic E-state index is 11.2. The molecule has 2 N–H and O–H groups in total. The Balaban J connectivity index is 2.10. The van der Waals surface area contributed by atoms with E-state index in [0.717, 1.165) is 22.0 Å². The minimum Gasteiger partial charge on any atom is -0.381 e. The summed E-state index contributed by atoms with van der Waals surface area (Å²) in [6.45, 7) is 0.542. The average molecular weight is 390 g/mol. The lowest BCUT2D eigenvalue weighted by Crippen LogP contribution is -2.09. The Morgan fingerprint density at radius 1 is 1.14 bits per heavy atom. The van der Waals surface area contributed by atoms with Crippen molar-refractivity contribution in [1.82, 2.24) is 0 Å². The van der Waals surface area contributed by atoms with Crippen molar-refractivity contribution in [2.75, 3.05) is 16.3 Å². The molecule has 0 amide bonds. The molecule has 112 valence electrons. The average Bonchev–Trinajstić information content (AvgIpc) is 2.38. The first-order chi connectivity index (χ1) is 9.83. The molecule has 0 radical (unpaired) electrons. The second kappa shape index (κ2) is 6.68. The zero-order valence-electron chi connectivity index (χ0n) is 11.2. The van der Waals surface area contributed by atoms with Crippen LogP contribution < -0.4 is 10.0 Å². The number of nitrogens with one attached hydrogen (secondary N) is 2. The molecule has 0 heterocycles. The Morgan fingerprint density at radius 2 is 1.86 bits per heavy atom. The Hall–Kier alpha value is -1.24. The van der Waals surface area contributed by atoms with Gasteiger partial charge in [0, 0.05) is 21.7 Å². The zero-order valence-corrected chi connectivity index (χ0v) is 14.4. The highest BCUT2D eigenvalue weighted by Crippen LogP contribution is 2.23. The van der Waals surface area contributed by atoms with Gasteiger partial charge in [0.15, 0.2) is 0 Å². The molecule has 0 aliphatic heterocycles. The fourth-order valence-electron chi connectivity index (χ4n) is 1.78. The van der Waals surface area contributed by atoms with Crippen LogP contribution in [0.3, 0.4) is 0 Å². The number of benzene rings is 2. The molecule has 0 atom stereocenters. The van der Waals surface area contributed by atoms with Crippen LogP contribution in [0.2, 0.25) is 5.02 Å². The number of rotatable bonds is 5. The summed E-state index contributed by atoms with van der Waals surface area (Å²) in [5.41, 5.74) is 2.27. The lowest BCUT2D eigenvalue weighted by Gasteiger charge is -2.10. The van der Waals surface area contributed by atoms with Crippen LogP contribution in [0.4, 0.5) is 11.4 Å². The van der Waals surface area contributed by atoms with Gasteiger partial charge >= 0.3 is 0 Å². The zero-order chi connectivity index (χ0) is 15.5. The van der Waals surface area contributed by atoms with Gasteiger partial charge < -0.3 is 5.32 Å². The molecule has 0 aliphatic rings. The summed E-state index contributed by atoms with van der Waals surface area (Å²) in [7, 11) is -3.28. The predicted molar refractivity (Wildman–Crippen MR) is 91.4 cm³/mol. The number of sulfonamides is 1. The topological polar surface area (TPSA) is 58.2 Å². The van der Waals surface area contributed by atoms with Crippen LogP contribution in [0.25, 0.3) is 0 Å². The minimum atomic E-state index is -3.28. The molecular weight excluding hydrogens is 376 g/mol. The summed E-state index contributed by atoms with van der Waals surface area (Å²) < 4.78 is 25.8. The highest BCUT2D eigenvalue weighted by atomic mass is 79.9. The van der Waals surface area contributed by atoms with Gasteiger partial charge in [-0.3, -0.25) is 4.72 Å².